The van der Waals surface area contributed by atoms with Crippen molar-refractivity contribution in [1.29, 1.82) is 0 Å². The predicted molar refractivity (Wildman–Crippen MR) is 83.3 cm³/mol. The van der Waals surface area contributed by atoms with Crippen LogP contribution in [0.4, 0.5) is 26.5 Å². The molecule has 1 amide bonds. The van der Waals surface area contributed by atoms with Crippen molar-refractivity contribution in [3.8, 4) is 0 Å². The van der Waals surface area contributed by atoms with Gasteiger partial charge in [-0.25, -0.2) is 19.2 Å². The molecule has 1 aromatic heterocycles. The molecule has 1 saturated heterocycles. The van der Waals surface area contributed by atoms with Gasteiger partial charge in [0.2, 0.25) is 5.95 Å². The van der Waals surface area contributed by atoms with Gasteiger partial charge in [-0.3, -0.25) is 0 Å². The lowest BCUT2D eigenvalue weighted by Gasteiger charge is -2.16. The summed E-state index contributed by atoms with van der Waals surface area (Å²) in [6.45, 7) is 0.812. The standard InChI is InChI=1S/C15H16FN5O2/c16-12-8-10(20-14-17-5-1-6-18-14)2-3-13(12)19-11-4-7-21(9-11)15(22)23/h1-3,5-6,8,11,19H,4,7,9H2,(H,22,23)(H,17,18,20)/t11-/m1/s1. The summed E-state index contributed by atoms with van der Waals surface area (Å²) in [7, 11) is 0. The molecule has 1 fully saturated rings. The van der Waals surface area contributed by atoms with E-state index in [9.17, 15) is 9.18 Å². The first-order valence-corrected chi connectivity index (χ1v) is 7.20. The summed E-state index contributed by atoms with van der Waals surface area (Å²) in [5, 5.41) is 14.9. The Kier molecular flexibility index (Phi) is 4.22. The molecule has 0 radical (unpaired) electrons. The molecule has 8 heteroatoms. The number of nitrogens with one attached hydrogen (secondary N) is 2. The SMILES string of the molecule is O=C(O)N1CC[C@@H](Nc2ccc(Nc3ncccn3)cc2F)C1. The monoisotopic (exact) mass is 317 g/mol. The Labute approximate surface area is 132 Å². The summed E-state index contributed by atoms with van der Waals surface area (Å²) in [6, 6.07) is 6.29. The molecule has 120 valence electrons. The Morgan fingerprint density at radius 2 is 2.13 bits per heavy atom. The molecule has 2 aromatic rings. The zero-order chi connectivity index (χ0) is 16.2. The average molecular weight is 317 g/mol. The van der Waals surface area contributed by atoms with Crippen LogP contribution >= 0.6 is 0 Å². The molecule has 7 nitrogen and oxygen atoms in total. The van der Waals surface area contributed by atoms with E-state index >= 15 is 0 Å². The second-order valence-electron chi connectivity index (χ2n) is 5.25. The minimum atomic E-state index is -0.947. The number of likely N-dealkylation sites (tertiary alicyclic amines) is 1. The maximum absolute atomic E-state index is 14.2. The minimum absolute atomic E-state index is 0.0862. The van der Waals surface area contributed by atoms with Gasteiger partial charge in [-0.2, -0.15) is 0 Å². The summed E-state index contributed by atoms with van der Waals surface area (Å²) in [4.78, 5) is 20.2. The van der Waals surface area contributed by atoms with Crippen molar-refractivity contribution in [3.63, 3.8) is 0 Å². The molecule has 23 heavy (non-hydrogen) atoms. The lowest BCUT2D eigenvalue weighted by atomic mass is 10.2. The number of benzene rings is 1. The van der Waals surface area contributed by atoms with Crippen LogP contribution < -0.4 is 10.6 Å². The normalized spacial score (nSPS) is 17.1. The molecule has 3 N–H and O–H groups in total. The Bertz CT molecular complexity index is 698. The second kappa shape index (κ2) is 6.47. The zero-order valence-corrected chi connectivity index (χ0v) is 12.2. The fraction of sp³-hybridized carbons (Fsp3) is 0.267. The number of rotatable bonds is 4. The number of carboxylic acid groups (broad SMARTS) is 1. The molecule has 0 saturated carbocycles. The van der Waals surface area contributed by atoms with Gasteiger partial charge in [0, 0.05) is 37.2 Å². The van der Waals surface area contributed by atoms with E-state index in [1.807, 2.05) is 0 Å². The van der Waals surface area contributed by atoms with Gasteiger partial charge in [0.1, 0.15) is 5.82 Å². The molecule has 0 spiro atoms. The van der Waals surface area contributed by atoms with Crippen LogP contribution in [-0.2, 0) is 0 Å². The summed E-state index contributed by atoms with van der Waals surface area (Å²) < 4.78 is 14.2. The van der Waals surface area contributed by atoms with Crippen molar-refractivity contribution in [2.24, 2.45) is 0 Å². The van der Waals surface area contributed by atoms with E-state index in [4.69, 9.17) is 5.11 Å². The highest BCUT2D eigenvalue weighted by Crippen LogP contribution is 2.23. The molecule has 0 bridgehead atoms. The number of carbonyl (C=O) groups is 1. The average Bonchev–Trinajstić information content (AvgIpc) is 3.00. The van der Waals surface area contributed by atoms with Gasteiger partial charge >= 0.3 is 6.09 Å². The van der Waals surface area contributed by atoms with Gasteiger partial charge in [-0.15, -0.1) is 0 Å². The number of anilines is 3. The first kappa shape index (κ1) is 15.0. The van der Waals surface area contributed by atoms with Gasteiger partial charge in [0.05, 0.1) is 5.69 Å². The summed E-state index contributed by atoms with van der Waals surface area (Å²) in [5.41, 5.74) is 0.889. The molecule has 3 rings (SSSR count). The van der Waals surface area contributed by atoms with Crippen molar-refractivity contribution in [1.82, 2.24) is 14.9 Å². The van der Waals surface area contributed by atoms with Gasteiger partial charge in [0.15, 0.2) is 0 Å². The third-order valence-corrected chi connectivity index (χ3v) is 3.61. The molecule has 1 atom stereocenters. The molecule has 2 heterocycles. The van der Waals surface area contributed by atoms with E-state index in [1.54, 1.807) is 30.6 Å². The van der Waals surface area contributed by atoms with Crippen molar-refractivity contribution >= 4 is 23.4 Å². The van der Waals surface area contributed by atoms with Gasteiger partial charge in [-0.05, 0) is 30.7 Å². The Morgan fingerprint density at radius 1 is 1.35 bits per heavy atom. The van der Waals surface area contributed by atoms with Crippen LogP contribution in [0.2, 0.25) is 0 Å². The van der Waals surface area contributed by atoms with Gasteiger partial charge < -0.3 is 20.6 Å². The molecule has 1 aliphatic heterocycles. The molecular formula is C15H16FN5O2. The number of aromatic nitrogens is 2. The number of halogens is 1. The lowest BCUT2D eigenvalue weighted by Crippen LogP contribution is -2.30. The molecular weight excluding hydrogens is 301 g/mol. The Morgan fingerprint density at radius 3 is 2.78 bits per heavy atom. The summed E-state index contributed by atoms with van der Waals surface area (Å²) in [6.07, 6.45) is 2.90. The molecule has 0 aliphatic carbocycles. The first-order valence-electron chi connectivity index (χ1n) is 7.20. The minimum Gasteiger partial charge on any atom is -0.465 e. The third kappa shape index (κ3) is 3.65. The van der Waals surface area contributed by atoms with Crippen LogP contribution in [0, 0.1) is 5.82 Å². The van der Waals surface area contributed by atoms with Crippen LogP contribution in [0.5, 0.6) is 0 Å². The lowest BCUT2D eigenvalue weighted by molar-refractivity contribution is 0.155. The molecule has 1 aromatic carbocycles. The van der Waals surface area contributed by atoms with Crippen LogP contribution in [-0.4, -0.2) is 45.2 Å². The van der Waals surface area contributed by atoms with Crippen LogP contribution in [0.25, 0.3) is 0 Å². The van der Waals surface area contributed by atoms with E-state index < -0.39 is 11.9 Å². The van der Waals surface area contributed by atoms with E-state index in [0.717, 1.165) is 0 Å². The molecule has 1 aliphatic rings. The van der Waals surface area contributed by atoms with Crippen LogP contribution in [0.3, 0.4) is 0 Å². The molecule has 0 unspecified atom stereocenters. The topological polar surface area (TPSA) is 90.4 Å². The highest BCUT2D eigenvalue weighted by atomic mass is 19.1. The first-order chi connectivity index (χ1) is 11.1. The fourth-order valence-corrected chi connectivity index (χ4v) is 2.47. The maximum Gasteiger partial charge on any atom is 0.407 e. The van der Waals surface area contributed by atoms with Crippen LogP contribution in [0.1, 0.15) is 6.42 Å². The quantitative estimate of drug-likeness (QED) is 0.803. The number of hydrogen-bond acceptors (Lipinski definition) is 5. The highest BCUT2D eigenvalue weighted by Gasteiger charge is 2.26. The second-order valence-corrected chi connectivity index (χ2v) is 5.25. The third-order valence-electron chi connectivity index (χ3n) is 3.61. The maximum atomic E-state index is 14.2. The smallest absolute Gasteiger partial charge is 0.407 e. The number of hydrogen-bond donors (Lipinski definition) is 3. The van der Waals surface area contributed by atoms with Crippen LogP contribution in [0.15, 0.2) is 36.7 Å². The Hall–Kier alpha value is -2.90. The number of amides is 1. The van der Waals surface area contributed by atoms with E-state index in [0.29, 0.717) is 36.8 Å². The van der Waals surface area contributed by atoms with E-state index in [1.165, 1.54) is 11.0 Å². The van der Waals surface area contributed by atoms with Crippen molar-refractivity contribution in [2.75, 3.05) is 23.7 Å². The summed E-state index contributed by atoms with van der Waals surface area (Å²) in [5.74, 6) is -0.0276. The number of nitrogens with zero attached hydrogens (tertiary/aromatic N) is 3. The van der Waals surface area contributed by atoms with Crippen molar-refractivity contribution in [2.45, 2.75) is 12.5 Å². The Balaban J connectivity index is 1.64. The predicted octanol–water partition coefficient (Wildman–Crippen LogP) is 2.52. The fourth-order valence-electron chi connectivity index (χ4n) is 2.47. The van der Waals surface area contributed by atoms with Gasteiger partial charge in [0.25, 0.3) is 0 Å². The summed E-state index contributed by atoms with van der Waals surface area (Å²) >= 11 is 0. The van der Waals surface area contributed by atoms with E-state index in [2.05, 4.69) is 20.6 Å². The van der Waals surface area contributed by atoms with Crippen molar-refractivity contribution in [3.05, 3.63) is 42.5 Å². The van der Waals surface area contributed by atoms with E-state index in [-0.39, 0.29) is 6.04 Å². The highest BCUT2D eigenvalue weighted by molar-refractivity contribution is 5.66. The zero-order valence-electron chi connectivity index (χ0n) is 12.2. The van der Waals surface area contributed by atoms with Gasteiger partial charge in [-0.1, -0.05) is 0 Å². The largest absolute Gasteiger partial charge is 0.465 e. The van der Waals surface area contributed by atoms with Crippen molar-refractivity contribution < 1.29 is 14.3 Å².